The molecule has 0 aliphatic carbocycles. The van der Waals surface area contributed by atoms with Crippen molar-refractivity contribution in [2.45, 2.75) is 53.6 Å². The van der Waals surface area contributed by atoms with Gasteiger partial charge in [0.2, 0.25) is 0 Å². The molecule has 1 aromatic rings. The van der Waals surface area contributed by atoms with Gasteiger partial charge in [0.25, 0.3) is 0 Å². The molecule has 0 atom stereocenters. The van der Waals surface area contributed by atoms with Gasteiger partial charge in [0.15, 0.2) is 0 Å². The van der Waals surface area contributed by atoms with Crippen molar-refractivity contribution in [1.29, 1.82) is 0 Å². The van der Waals surface area contributed by atoms with Crippen molar-refractivity contribution in [3.8, 4) is 0 Å². The molecule has 0 saturated heterocycles. The first kappa shape index (κ1) is 13.2. The summed E-state index contributed by atoms with van der Waals surface area (Å²) in [6, 6.07) is 0. The number of hydrogen-bond donors (Lipinski definition) is 1. The van der Waals surface area contributed by atoms with Crippen molar-refractivity contribution >= 4 is 0 Å². The number of hydrogen-bond acceptors (Lipinski definition) is 2. The molecule has 0 saturated carbocycles. The van der Waals surface area contributed by atoms with E-state index in [1.54, 1.807) is 0 Å². The molecule has 1 N–H and O–H groups in total. The summed E-state index contributed by atoms with van der Waals surface area (Å²) >= 11 is 0. The number of rotatable bonds is 6. The summed E-state index contributed by atoms with van der Waals surface area (Å²) in [7, 11) is 1.98. The van der Waals surface area contributed by atoms with Gasteiger partial charge < -0.3 is 5.32 Å². The van der Waals surface area contributed by atoms with Crippen LogP contribution in [0.2, 0.25) is 0 Å². The lowest BCUT2D eigenvalue weighted by molar-refractivity contribution is 0.390. The van der Waals surface area contributed by atoms with E-state index in [0.717, 1.165) is 24.7 Å². The van der Waals surface area contributed by atoms with Gasteiger partial charge in [-0.3, -0.25) is 4.68 Å². The van der Waals surface area contributed by atoms with E-state index < -0.39 is 0 Å². The number of aryl methyl sites for hydroxylation is 1. The van der Waals surface area contributed by atoms with Crippen molar-refractivity contribution in [2.24, 2.45) is 5.92 Å². The van der Waals surface area contributed by atoms with E-state index >= 15 is 0 Å². The molecular formula is C13H25N3. The van der Waals surface area contributed by atoms with Gasteiger partial charge in [0.05, 0.1) is 5.69 Å². The number of nitrogens with one attached hydrogen (secondary N) is 1. The molecule has 0 bridgehead atoms. The van der Waals surface area contributed by atoms with Crippen LogP contribution in [0.25, 0.3) is 0 Å². The zero-order valence-corrected chi connectivity index (χ0v) is 11.3. The molecule has 1 rings (SSSR count). The highest BCUT2D eigenvalue weighted by Gasteiger charge is 2.13. The second kappa shape index (κ2) is 6.04. The van der Waals surface area contributed by atoms with Crippen LogP contribution < -0.4 is 5.32 Å². The minimum Gasteiger partial charge on any atom is -0.316 e. The highest BCUT2D eigenvalue weighted by molar-refractivity contribution is 5.24. The highest BCUT2D eigenvalue weighted by atomic mass is 15.3. The monoisotopic (exact) mass is 223 g/mol. The summed E-state index contributed by atoms with van der Waals surface area (Å²) in [6.07, 6.45) is 2.46. The van der Waals surface area contributed by atoms with Crippen LogP contribution in [-0.2, 0) is 13.1 Å². The maximum atomic E-state index is 4.64. The third kappa shape index (κ3) is 2.85. The molecule has 0 fully saturated rings. The Labute approximate surface area is 99.2 Å². The van der Waals surface area contributed by atoms with Crippen molar-refractivity contribution in [2.75, 3.05) is 7.05 Å². The van der Waals surface area contributed by atoms with Crippen molar-refractivity contribution in [1.82, 2.24) is 15.1 Å². The second-order valence-electron chi connectivity index (χ2n) is 4.54. The topological polar surface area (TPSA) is 29.9 Å². The minimum absolute atomic E-state index is 0.750. The Kier molecular flexibility index (Phi) is 5.00. The van der Waals surface area contributed by atoms with Crippen LogP contribution in [-0.4, -0.2) is 16.8 Å². The largest absolute Gasteiger partial charge is 0.316 e. The number of nitrogens with zero attached hydrogens (tertiary/aromatic N) is 2. The van der Waals surface area contributed by atoms with Crippen molar-refractivity contribution in [3.63, 3.8) is 0 Å². The molecule has 0 spiro atoms. The molecule has 3 heteroatoms. The molecule has 16 heavy (non-hydrogen) atoms. The molecule has 0 radical (unpaired) electrons. The van der Waals surface area contributed by atoms with Gasteiger partial charge in [0.1, 0.15) is 0 Å². The van der Waals surface area contributed by atoms with Crippen LogP contribution >= 0.6 is 0 Å². The Bertz CT molecular complexity index is 324. The van der Waals surface area contributed by atoms with Gasteiger partial charge in [0, 0.05) is 24.3 Å². The third-order valence-electron chi connectivity index (χ3n) is 3.47. The molecule has 92 valence electrons. The van der Waals surface area contributed by atoms with E-state index in [0.29, 0.717) is 0 Å². The Morgan fingerprint density at radius 2 is 1.88 bits per heavy atom. The zero-order chi connectivity index (χ0) is 12.1. The first-order valence-electron chi connectivity index (χ1n) is 6.31. The van der Waals surface area contributed by atoms with Gasteiger partial charge in [-0.15, -0.1) is 0 Å². The molecule has 1 heterocycles. The summed E-state index contributed by atoms with van der Waals surface area (Å²) in [5.41, 5.74) is 3.84. The van der Waals surface area contributed by atoms with Crippen LogP contribution in [0.4, 0.5) is 0 Å². The van der Waals surface area contributed by atoms with Crippen LogP contribution in [0.15, 0.2) is 0 Å². The zero-order valence-electron chi connectivity index (χ0n) is 11.3. The summed E-state index contributed by atoms with van der Waals surface area (Å²) in [6.45, 7) is 10.8. The summed E-state index contributed by atoms with van der Waals surface area (Å²) in [5.74, 6) is 0.750. The maximum Gasteiger partial charge on any atom is 0.0641 e. The standard InChI is InChI=1S/C13H25N3/c1-6-12(7-2)9-16-11(4)13(8-14-5)10(3)15-16/h12,14H,6-9H2,1-5H3. The fraction of sp³-hybridized carbons (Fsp3) is 0.769. The van der Waals surface area contributed by atoms with E-state index in [1.165, 1.54) is 24.1 Å². The quantitative estimate of drug-likeness (QED) is 0.803. The molecule has 0 aliphatic rings. The van der Waals surface area contributed by atoms with Gasteiger partial charge in [-0.05, 0) is 26.8 Å². The normalized spacial score (nSPS) is 11.4. The van der Waals surface area contributed by atoms with E-state index in [9.17, 15) is 0 Å². The minimum atomic E-state index is 0.750. The molecule has 3 nitrogen and oxygen atoms in total. The van der Waals surface area contributed by atoms with Crippen LogP contribution in [0.3, 0.4) is 0 Å². The fourth-order valence-corrected chi connectivity index (χ4v) is 2.14. The summed E-state index contributed by atoms with van der Waals surface area (Å²) in [5, 5.41) is 7.85. The van der Waals surface area contributed by atoms with Crippen molar-refractivity contribution < 1.29 is 0 Å². The predicted molar refractivity (Wildman–Crippen MR) is 68.5 cm³/mol. The molecule has 1 aromatic heterocycles. The summed E-state index contributed by atoms with van der Waals surface area (Å²) < 4.78 is 2.18. The second-order valence-corrected chi connectivity index (χ2v) is 4.54. The van der Waals surface area contributed by atoms with Gasteiger partial charge >= 0.3 is 0 Å². The van der Waals surface area contributed by atoms with E-state index in [-0.39, 0.29) is 0 Å². The molecule has 0 aromatic carbocycles. The first-order chi connectivity index (χ1) is 7.63. The highest BCUT2D eigenvalue weighted by Crippen LogP contribution is 2.17. The predicted octanol–water partition coefficient (Wildman–Crippen LogP) is 2.66. The van der Waals surface area contributed by atoms with Crippen molar-refractivity contribution in [3.05, 3.63) is 17.0 Å². The van der Waals surface area contributed by atoms with E-state index in [1.807, 2.05) is 7.05 Å². The Hall–Kier alpha value is -0.830. The van der Waals surface area contributed by atoms with Gasteiger partial charge in [-0.2, -0.15) is 5.10 Å². The Morgan fingerprint density at radius 3 is 2.38 bits per heavy atom. The SMILES string of the molecule is CCC(CC)Cn1nc(C)c(CNC)c1C. The molecule has 0 aliphatic heterocycles. The maximum absolute atomic E-state index is 4.64. The Balaban J connectivity index is 2.85. The average molecular weight is 223 g/mol. The van der Waals surface area contributed by atoms with Gasteiger partial charge in [-0.1, -0.05) is 26.7 Å². The smallest absolute Gasteiger partial charge is 0.0641 e. The van der Waals surface area contributed by atoms with Crippen LogP contribution in [0.1, 0.15) is 43.6 Å². The fourth-order valence-electron chi connectivity index (χ4n) is 2.14. The average Bonchev–Trinajstić information content (AvgIpc) is 2.54. The molecular weight excluding hydrogens is 198 g/mol. The number of aromatic nitrogens is 2. The third-order valence-corrected chi connectivity index (χ3v) is 3.47. The lowest BCUT2D eigenvalue weighted by Gasteiger charge is -2.13. The van der Waals surface area contributed by atoms with Gasteiger partial charge in [-0.25, -0.2) is 0 Å². The van der Waals surface area contributed by atoms with Crippen LogP contribution in [0, 0.1) is 19.8 Å². The lowest BCUT2D eigenvalue weighted by atomic mass is 10.0. The Morgan fingerprint density at radius 1 is 1.25 bits per heavy atom. The first-order valence-corrected chi connectivity index (χ1v) is 6.31. The van der Waals surface area contributed by atoms with E-state index in [4.69, 9.17) is 0 Å². The molecule has 0 amide bonds. The summed E-state index contributed by atoms with van der Waals surface area (Å²) in [4.78, 5) is 0. The van der Waals surface area contributed by atoms with Crippen LogP contribution in [0.5, 0.6) is 0 Å². The molecule has 0 unspecified atom stereocenters. The van der Waals surface area contributed by atoms with E-state index in [2.05, 4.69) is 42.8 Å². The lowest BCUT2D eigenvalue weighted by Crippen LogP contribution is -2.12.